The fourth-order valence-electron chi connectivity index (χ4n) is 4.39. The van der Waals surface area contributed by atoms with Crippen molar-refractivity contribution in [2.75, 3.05) is 19.8 Å². The number of unbranched alkanes of at least 4 members (excludes halogenated alkanes) is 1. The third-order valence-corrected chi connectivity index (χ3v) is 6.07. The third-order valence-electron chi connectivity index (χ3n) is 6.07. The van der Waals surface area contributed by atoms with Gasteiger partial charge >= 0.3 is 24.1 Å². The Kier molecular flexibility index (Phi) is 13.0. The highest BCUT2D eigenvalue weighted by molar-refractivity contribution is 5.80. The molecule has 0 saturated carbocycles. The first-order valence-corrected chi connectivity index (χ1v) is 14.2. The SMILES string of the molecule is CC(C)(C)OC(=O)CO.CC(C)(C)OC(=O)NC(CCCCNC(=O)OCC1c2ccccc2-c2ccccc21)C(=O)O. The van der Waals surface area contributed by atoms with Crippen molar-refractivity contribution >= 4 is 24.1 Å². The number of carboxylic acids is 1. The van der Waals surface area contributed by atoms with E-state index in [-0.39, 0.29) is 18.9 Å². The topological polar surface area (TPSA) is 160 Å². The van der Waals surface area contributed by atoms with Crippen molar-refractivity contribution in [3.05, 3.63) is 59.7 Å². The number of amides is 2. The number of hydrogen-bond acceptors (Lipinski definition) is 8. The summed E-state index contributed by atoms with van der Waals surface area (Å²) in [5.41, 5.74) is 3.43. The van der Waals surface area contributed by atoms with Crippen LogP contribution in [0.5, 0.6) is 0 Å². The average Bonchev–Trinajstić information content (AvgIpc) is 3.23. The van der Waals surface area contributed by atoms with E-state index in [0.29, 0.717) is 19.4 Å². The summed E-state index contributed by atoms with van der Waals surface area (Å²) in [6, 6.07) is 15.2. The van der Waals surface area contributed by atoms with E-state index in [1.165, 1.54) is 11.1 Å². The van der Waals surface area contributed by atoms with E-state index < -0.39 is 48.0 Å². The van der Waals surface area contributed by atoms with Crippen molar-refractivity contribution in [2.24, 2.45) is 0 Å². The van der Waals surface area contributed by atoms with Gasteiger partial charge in [0.1, 0.15) is 30.5 Å². The summed E-state index contributed by atoms with van der Waals surface area (Å²) in [6.45, 7) is 10.4. The Morgan fingerprint density at radius 2 is 1.35 bits per heavy atom. The highest BCUT2D eigenvalue weighted by Gasteiger charge is 2.29. The number of hydrogen-bond donors (Lipinski definition) is 4. The Bertz CT molecular complexity index is 1200. The van der Waals surface area contributed by atoms with Crippen molar-refractivity contribution in [3.63, 3.8) is 0 Å². The molecule has 1 aliphatic carbocycles. The molecule has 11 nitrogen and oxygen atoms in total. The molecule has 0 aromatic heterocycles. The molecule has 0 saturated heterocycles. The molecule has 0 fully saturated rings. The van der Waals surface area contributed by atoms with Crippen molar-refractivity contribution in [3.8, 4) is 11.1 Å². The summed E-state index contributed by atoms with van der Waals surface area (Å²) >= 11 is 0. The first kappa shape index (κ1) is 35.1. The van der Waals surface area contributed by atoms with Gasteiger partial charge in [0.2, 0.25) is 0 Å². The molecule has 0 heterocycles. The molecule has 0 aliphatic heterocycles. The van der Waals surface area contributed by atoms with Gasteiger partial charge < -0.3 is 35.1 Å². The summed E-state index contributed by atoms with van der Waals surface area (Å²) in [7, 11) is 0. The van der Waals surface area contributed by atoms with Crippen molar-refractivity contribution in [1.29, 1.82) is 0 Å². The summed E-state index contributed by atoms with van der Waals surface area (Å²) in [5, 5.41) is 22.6. The Morgan fingerprint density at radius 1 is 0.814 bits per heavy atom. The highest BCUT2D eigenvalue weighted by atomic mass is 16.6. The molecule has 11 heteroatoms. The van der Waals surface area contributed by atoms with Gasteiger partial charge in [-0.25, -0.2) is 19.2 Å². The van der Waals surface area contributed by atoms with Crippen LogP contribution in [0.15, 0.2) is 48.5 Å². The molecule has 4 N–H and O–H groups in total. The molecule has 0 bridgehead atoms. The number of carbonyl (C=O) groups excluding carboxylic acids is 3. The lowest BCUT2D eigenvalue weighted by molar-refractivity contribution is -0.158. The van der Waals surface area contributed by atoms with Gasteiger partial charge in [-0.05, 0) is 83.1 Å². The average molecular weight is 601 g/mol. The molecule has 1 unspecified atom stereocenters. The lowest BCUT2D eigenvalue weighted by Crippen LogP contribution is -2.43. The molecule has 3 rings (SSSR count). The molecule has 2 aromatic carbocycles. The molecule has 0 radical (unpaired) electrons. The summed E-state index contributed by atoms with van der Waals surface area (Å²) < 4.78 is 15.3. The number of aliphatic hydroxyl groups excluding tert-OH is 1. The first-order chi connectivity index (χ1) is 20.1. The molecule has 43 heavy (non-hydrogen) atoms. The Morgan fingerprint density at radius 3 is 1.81 bits per heavy atom. The molecule has 1 atom stereocenters. The number of rotatable bonds is 10. The highest BCUT2D eigenvalue weighted by Crippen LogP contribution is 2.44. The second-order valence-electron chi connectivity index (χ2n) is 12.0. The van der Waals surface area contributed by atoms with Crippen molar-refractivity contribution in [1.82, 2.24) is 10.6 Å². The van der Waals surface area contributed by atoms with Crippen LogP contribution < -0.4 is 10.6 Å². The van der Waals surface area contributed by atoms with Gasteiger partial charge in [-0.1, -0.05) is 48.5 Å². The van der Waals surface area contributed by atoms with E-state index in [4.69, 9.17) is 19.3 Å². The monoisotopic (exact) mass is 600 g/mol. The van der Waals surface area contributed by atoms with Gasteiger partial charge in [0, 0.05) is 12.5 Å². The first-order valence-electron chi connectivity index (χ1n) is 14.2. The maximum atomic E-state index is 12.2. The number of benzene rings is 2. The molecule has 2 aromatic rings. The third kappa shape index (κ3) is 12.3. The van der Waals surface area contributed by atoms with Crippen LogP contribution in [0.1, 0.15) is 77.8 Å². The van der Waals surface area contributed by atoms with Crippen LogP contribution >= 0.6 is 0 Å². The fraction of sp³-hybridized carbons (Fsp3) is 0.500. The number of aliphatic carboxylic acids is 1. The van der Waals surface area contributed by atoms with Crippen LogP contribution in [0, 0.1) is 0 Å². The molecule has 1 aliphatic rings. The summed E-state index contributed by atoms with van der Waals surface area (Å²) in [6.07, 6.45) is -0.0124. The number of carboxylic acid groups (broad SMARTS) is 1. The van der Waals surface area contributed by atoms with Gasteiger partial charge in [0.15, 0.2) is 0 Å². The van der Waals surface area contributed by atoms with Crippen LogP contribution in [0.3, 0.4) is 0 Å². The number of ether oxygens (including phenoxy) is 3. The second-order valence-corrected chi connectivity index (χ2v) is 12.0. The van der Waals surface area contributed by atoms with Gasteiger partial charge in [-0.2, -0.15) is 0 Å². The zero-order valence-corrected chi connectivity index (χ0v) is 25.8. The minimum absolute atomic E-state index is 0.00611. The summed E-state index contributed by atoms with van der Waals surface area (Å²) in [4.78, 5) is 45.8. The number of aliphatic hydroxyl groups is 1. The lowest BCUT2D eigenvalue weighted by atomic mass is 9.98. The van der Waals surface area contributed by atoms with Crippen LogP contribution in [0.2, 0.25) is 0 Å². The maximum absolute atomic E-state index is 12.2. The second kappa shape index (κ2) is 15.9. The van der Waals surface area contributed by atoms with Gasteiger partial charge in [-0.15, -0.1) is 0 Å². The molecule has 236 valence electrons. The van der Waals surface area contributed by atoms with Crippen molar-refractivity contribution in [2.45, 2.75) is 84.0 Å². The van der Waals surface area contributed by atoms with Gasteiger partial charge in [0.05, 0.1) is 0 Å². The molecular weight excluding hydrogens is 556 g/mol. The van der Waals surface area contributed by atoms with Crippen LogP contribution in [-0.2, 0) is 23.8 Å². The Labute approximate surface area is 252 Å². The zero-order chi connectivity index (χ0) is 32.2. The fourth-order valence-corrected chi connectivity index (χ4v) is 4.39. The largest absolute Gasteiger partial charge is 0.480 e. The number of fused-ring (bicyclic) bond motifs is 3. The van der Waals surface area contributed by atoms with E-state index in [9.17, 15) is 24.3 Å². The van der Waals surface area contributed by atoms with E-state index in [2.05, 4.69) is 34.9 Å². The van der Waals surface area contributed by atoms with Gasteiger partial charge in [0.25, 0.3) is 0 Å². The Balaban J connectivity index is 0.000000621. The van der Waals surface area contributed by atoms with Crippen LogP contribution in [-0.4, -0.2) is 71.3 Å². The predicted molar refractivity (Wildman–Crippen MR) is 161 cm³/mol. The number of nitrogens with one attached hydrogen (secondary N) is 2. The summed E-state index contributed by atoms with van der Waals surface area (Å²) in [5.74, 6) is -1.72. The van der Waals surface area contributed by atoms with E-state index >= 15 is 0 Å². The van der Waals surface area contributed by atoms with Crippen molar-refractivity contribution < 1.29 is 43.6 Å². The van der Waals surface area contributed by atoms with E-state index in [1.807, 2.05) is 24.3 Å². The smallest absolute Gasteiger partial charge is 0.408 e. The van der Waals surface area contributed by atoms with E-state index in [0.717, 1.165) is 11.1 Å². The number of carbonyl (C=O) groups is 4. The molecular formula is C32H44N2O9. The maximum Gasteiger partial charge on any atom is 0.408 e. The minimum atomic E-state index is -1.13. The number of esters is 1. The normalized spacial score (nSPS) is 12.9. The minimum Gasteiger partial charge on any atom is -0.480 e. The predicted octanol–water partition coefficient (Wildman–Crippen LogP) is 4.99. The van der Waals surface area contributed by atoms with E-state index in [1.54, 1.807) is 41.5 Å². The number of alkyl carbamates (subject to hydrolysis) is 2. The lowest BCUT2D eigenvalue weighted by Gasteiger charge is -2.22. The zero-order valence-electron chi connectivity index (χ0n) is 25.8. The standard InChI is InChI=1S/C26H32N2O6.C6H12O3/c1-26(2,3)34-25(32)28-22(23(29)30)14-8-9-15-27-24(31)33-16-21-19-12-6-4-10-17(19)18-11-5-7-13-20(18)21;1-6(2,3)9-5(8)4-7/h4-7,10-13,21-22H,8-9,14-16H2,1-3H3,(H,27,31)(H,28,32)(H,29,30);7H,4H2,1-3H3. The van der Waals surface area contributed by atoms with Gasteiger partial charge in [-0.3, -0.25) is 0 Å². The quantitative estimate of drug-likeness (QED) is 0.167. The Hall–Kier alpha value is -4.12. The van der Waals surface area contributed by atoms with Crippen LogP contribution in [0.4, 0.5) is 9.59 Å². The molecule has 2 amide bonds. The van der Waals surface area contributed by atoms with Crippen LogP contribution in [0.25, 0.3) is 11.1 Å². The molecule has 0 spiro atoms.